The van der Waals surface area contributed by atoms with Crippen LogP contribution in [-0.2, 0) is 19.1 Å². The first-order valence-corrected chi connectivity index (χ1v) is 9.57. The van der Waals surface area contributed by atoms with Crippen LogP contribution in [0.2, 0.25) is 0 Å². The Morgan fingerprint density at radius 2 is 1.66 bits per heavy atom. The van der Waals surface area contributed by atoms with E-state index in [4.69, 9.17) is 4.74 Å². The number of carbonyl (C=O) groups excluding carboxylic acids is 3. The molecule has 1 aromatic heterocycles. The molecule has 9 heteroatoms. The maximum absolute atomic E-state index is 12.4. The molecule has 0 N–H and O–H groups in total. The highest BCUT2D eigenvalue weighted by Crippen LogP contribution is 2.23. The van der Waals surface area contributed by atoms with Crippen molar-refractivity contribution in [2.45, 2.75) is 19.8 Å². The van der Waals surface area contributed by atoms with Gasteiger partial charge in [0.25, 0.3) is 0 Å². The van der Waals surface area contributed by atoms with Gasteiger partial charge in [-0.2, -0.15) is 0 Å². The van der Waals surface area contributed by atoms with E-state index in [1.165, 1.54) is 7.11 Å². The molecule has 2 heterocycles. The summed E-state index contributed by atoms with van der Waals surface area (Å²) in [6, 6.07) is 7.34. The number of ether oxygens (including phenoxy) is 2. The number of hydrogen-bond donors (Lipinski definition) is 0. The van der Waals surface area contributed by atoms with Crippen LogP contribution in [0.5, 0.6) is 0 Å². The number of anilines is 1. The lowest BCUT2D eigenvalue weighted by atomic mass is 10.2. The smallest absolute Gasteiger partial charge is 0.360 e. The molecule has 29 heavy (non-hydrogen) atoms. The number of para-hydroxylation sites is 2. The lowest BCUT2D eigenvalue weighted by Gasteiger charge is -2.35. The summed E-state index contributed by atoms with van der Waals surface area (Å²) in [5.74, 6) is -0.547. The fourth-order valence-corrected chi connectivity index (χ4v) is 3.18. The second-order valence-corrected chi connectivity index (χ2v) is 6.55. The highest BCUT2D eigenvalue weighted by Gasteiger charge is 2.27. The van der Waals surface area contributed by atoms with Crippen molar-refractivity contribution in [3.05, 3.63) is 30.0 Å². The molecule has 1 saturated heterocycles. The first-order valence-electron chi connectivity index (χ1n) is 9.57. The fourth-order valence-electron chi connectivity index (χ4n) is 3.18. The summed E-state index contributed by atoms with van der Waals surface area (Å²) in [4.78, 5) is 48.7. The zero-order valence-electron chi connectivity index (χ0n) is 16.6. The van der Waals surface area contributed by atoms with E-state index in [0.717, 1.165) is 0 Å². The first kappa shape index (κ1) is 20.5. The van der Waals surface area contributed by atoms with Crippen molar-refractivity contribution in [3.8, 4) is 0 Å². The SMILES string of the molecule is CCOC(=O)c1nc2ccccc2nc1N1CCN(C(=O)CCC(=O)OC)CC1. The Balaban J connectivity index is 1.75. The maximum Gasteiger partial charge on any atom is 0.360 e. The van der Waals surface area contributed by atoms with Crippen molar-refractivity contribution in [2.75, 3.05) is 44.8 Å². The Morgan fingerprint density at radius 1 is 1.00 bits per heavy atom. The molecular weight excluding hydrogens is 376 g/mol. The summed E-state index contributed by atoms with van der Waals surface area (Å²) in [5.41, 5.74) is 1.49. The Bertz CT molecular complexity index is 909. The van der Waals surface area contributed by atoms with Crippen LogP contribution in [0.15, 0.2) is 24.3 Å². The van der Waals surface area contributed by atoms with Crippen molar-refractivity contribution in [2.24, 2.45) is 0 Å². The molecule has 0 bridgehead atoms. The normalized spacial score (nSPS) is 14.0. The Morgan fingerprint density at radius 3 is 2.28 bits per heavy atom. The summed E-state index contributed by atoms with van der Waals surface area (Å²) in [5, 5.41) is 0. The number of nitrogens with zero attached hydrogens (tertiary/aromatic N) is 4. The van der Waals surface area contributed by atoms with Crippen LogP contribution in [0.3, 0.4) is 0 Å². The first-order chi connectivity index (χ1) is 14.0. The molecule has 1 aliphatic rings. The van der Waals surface area contributed by atoms with Crippen LogP contribution >= 0.6 is 0 Å². The number of methoxy groups -OCH3 is 1. The summed E-state index contributed by atoms with van der Waals surface area (Å²) in [6.07, 6.45) is 0.190. The van der Waals surface area contributed by atoms with Crippen molar-refractivity contribution in [1.29, 1.82) is 0 Å². The third-order valence-electron chi connectivity index (χ3n) is 4.72. The molecule has 9 nitrogen and oxygen atoms in total. The molecule has 0 radical (unpaired) electrons. The Hall–Kier alpha value is -3.23. The molecule has 3 rings (SSSR count). The average molecular weight is 400 g/mol. The lowest BCUT2D eigenvalue weighted by Crippen LogP contribution is -2.49. The van der Waals surface area contributed by atoms with Gasteiger partial charge in [0.15, 0.2) is 11.5 Å². The van der Waals surface area contributed by atoms with Crippen molar-refractivity contribution < 1.29 is 23.9 Å². The molecule has 2 aromatic rings. The second kappa shape index (κ2) is 9.31. The van der Waals surface area contributed by atoms with E-state index >= 15 is 0 Å². The van der Waals surface area contributed by atoms with Crippen LogP contribution < -0.4 is 4.90 Å². The number of amides is 1. The van der Waals surface area contributed by atoms with E-state index in [9.17, 15) is 14.4 Å². The van der Waals surface area contributed by atoms with Gasteiger partial charge in [-0.15, -0.1) is 0 Å². The number of piperazine rings is 1. The van der Waals surface area contributed by atoms with E-state index in [1.54, 1.807) is 17.9 Å². The van der Waals surface area contributed by atoms with Gasteiger partial charge in [0.2, 0.25) is 5.91 Å². The lowest BCUT2D eigenvalue weighted by molar-refractivity contribution is -0.143. The zero-order valence-corrected chi connectivity index (χ0v) is 16.6. The number of aromatic nitrogens is 2. The van der Waals surface area contributed by atoms with Crippen molar-refractivity contribution in [3.63, 3.8) is 0 Å². The molecule has 154 valence electrons. The van der Waals surface area contributed by atoms with Gasteiger partial charge in [0.1, 0.15) is 0 Å². The number of hydrogen-bond acceptors (Lipinski definition) is 8. The van der Waals surface area contributed by atoms with Gasteiger partial charge in [-0.3, -0.25) is 9.59 Å². The molecule has 0 unspecified atom stereocenters. The number of carbonyl (C=O) groups is 3. The molecule has 0 atom stereocenters. The Kier molecular flexibility index (Phi) is 6.58. The molecule has 1 aliphatic heterocycles. The van der Waals surface area contributed by atoms with Gasteiger partial charge in [-0.25, -0.2) is 14.8 Å². The van der Waals surface area contributed by atoms with Gasteiger partial charge >= 0.3 is 11.9 Å². The van der Waals surface area contributed by atoms with Crippen LogP contribution in [0.4, 0.5) is 5.82 Å². The van der Waals surface area contributed by atoms with Gasteiger partial charge in [-0.05, 0) is 19.1 Å². The molecule has 1 fully saturated rings. The van der Waals surface area contributed by atoms with Gasteiger partial charge in [0.05, 0.1) is 31.2 Å². The Labute approximate surface area is 168 Å². The molecule has 0 spiro atoms. The summed E-state index contributed by atoms with van der Waals surface area (Å²) >= 11 is 0. The quantitative estimate of drug-likeness (QED) is 0.671. The van der Waals surface area contributed by atoms with Crippen LogP contribution in [0.25, 0.3) is 11.0 Å². The van der Waals surface area contributed by atoms with Crippen molar-refractivity contribution in [1.82, 2.24) is 14.9 Å². The minimum absolute atomic E-state index is 0.0682. The fraction of sp³-hybridized carbons (Fsp3) is 0.450. The third kappa shape index (κ3) is 4.79. The summed E-state index contributed by atoms with van der Waals surface area (Å²) in [6.45, 7) is 3.93. The van der Waals surface area contributed by atoms with E-state index in [1.807, 2.05) is 23.1 Å². The predicted octanol–water partition coefficient (Wildman–Crippen LogP) is 1.41. The van der Waals surface area contributed by atoms with Gasteiger partial charge in [0, 0.05) is 32.6 Å². The summed E-state index contributed by atoms with van der Waals surface area (Å²) in [7, 11) is 1.30. The predicted molar refractivity (Wildman–Crippen MR) is 106 cm³/mol. The van der Waals surface area contributed by atoms with E-state index in [0.29, 0.717) is 43.0 Å². The molecule has 1 amide bonds. The number of benzene rings is 1. The van der Waals surface area contributed by atoms with E-state index in [2.05, 4.69) is 14.7 Å². The topological polar surface area (TPSA) is 102 Å². The van der Waals surface area contributed by atoms with E-state index in [-0.39, 0.29) is 31.0 Å². The molecule has 0 aliphatic carbocycles. The van der Waals surface area contributed by atoms with Crippen LogP contribution in [0, 0.1) is 0 Å². The summed E-state index contributed by atoms with van der Waals surface area (Å²) < 4.78 is 9.73. The maximum atomic E-state index is 12.4. The minimum atomic E-state index is -0.516. The zero-order chi connectivity index (χ0) is 20.8. The monoisotopic (exact) mass is 400 g/mol. The third-order valence-corrected chi connectivity index (χ3v) is 4.72. The number of rotatable bonds is 6. The number of esters is 2. The molecule has 0 saturated carbocycles. The molecular formula is C20H24N4O5. The van der Waals surface area contributed by atoms with Crippen LogP contribution in [0.1, 0.15) is 30.3 Å². The average Bonchev–Trinajstić information content (AvgIpc) is 2.76. The van der Waals surface area contributed by atoms with Crippen LogP contribution in [-0.4, -0.2) is 72.6 Å². The number of fused-ring (bicyclic) bond motifs is 1. The van der Waals surface area contributed by atoms with E-state index < -0.39 is 11.9 Å². The van der Waals surface area contributed by atoms with Gasteiger partial charge < -0.3 is 19.3 Å². The second-order valence-electron chi connectivity index (χ2n) is 6.55. The molecule has 1 aromatic carbocycles. The minimum Gasteiger partial charge on any atom is -0.469 e. The highest BCUT2D eigenvalue weighted by molar-refractivity contribution is 5.95. The van der Waals surface area contributed by atoms with Crippen molar-refractivity contribution >= 4 is 34.7 Å². The largest absolute Gasteiger partial charge is 0.469 e. The standard InChI is InChI=1S/C20H24N4O5/c1-3-29-20(27)18-19(22-15-7-5-4-6-14(15)21-18)24-12-10-23(11-13-24)16(25)8-9-17(26)28-2/h4-7H,3,8-13H2,1-2H3. The van der Waals surface area contributed by atoms with Gasteiger partial charge in [-0.1, -0.05) is 12.1 Å². The highest BCUT2D eigenvalue weighted by atomic mass is 16.5.